The Hall–Kier alpha value is -1.45. The summed E-state index contributed by atoms with van der Waals surface area (Å²) in [6, 6.07) is 15.8. The summed E-state index contributed by atoms with van der Waals surface area (Å²) in [6.45, 7) is 8.95. The molecular formula is C21H31N2S+. The Kier molecular flexibility index (Phi) is 6.36. The van der Waals surface area contributed by atoms with E-state index in [2.05, 4.69) is 79.4 Å². The second kappa shape index (κ2) is 8.09. The van der Waals surface area contributed by atoms with Crippen molar-refractivity contribution in [3.8, 4) is 0 Å². The van der Waals surface area contributed by atoms with E-state index in [1.807, 2.05) is 0 Å². The maximum absolute atomic E-state index is 2.56. The fourth-order valence-electron chi connectivity index (χ4n) is 3.29. The van der Waals surface area contributed by atoms with Crippen LogP contribution in [0.3, 0.4) is 0 Å². The molecule has 0 aliphatic carbocycles. The van der Waals surface area contributed by atoms with Gasteiger partial charge in [-0.05, 0) is 39.1 Å². The van der Waals surface area contributed by atoms with E-state index in [-0.39, 0.29) is 18.3 Å². The van der Waals surface area contributed by atoms with Crippen molar-refractivity contribution in [2.45, 2.75) is 31.1 Å². The number of anilines is 1. The van der Waals surface area contributed by atoms with Gasteiger partial charge < -0.3 is 9.80 Å². The lowest BCUT2D eigenvalue weighted by atomic mass is 10.2. The molecule has 24 heavy (non-hydrogen) atoms. The first-order chi connectivity index (χ1) is 11.1. The van der Waals surface area contributed by atoms with Gasteiger partial charge in [-0.2, -0.15) is 0 Å². The first-order valence-corrected chi connectivity index (χ1v) is 9.95. The van der Waals surface area contributed by atoms with Gasteiger partial charge >= 0.3 is 0 Å². The molecule has 1 unspecified atom stereocenters. The number of benzene rings is 2. The second-order valence-electron chi connectivity index (χ2n) is 6.54. The highest BCUT2D eigenvalue weighted by Gasteiger charge is 2.28. The lowest BCUT2D eigenvalue weighted by Gasteiger charge is -2.34. The molecule has 2 aromatic rings. The van der Waals surface area contributed by atoms with Crippen LogP contribution in [0.1, 0.15) is 18.6 Å². The quantitative estimate of drug-likeness (QED) is 0.764. The summed E-state index contributed by atoms with van der Waals surface area (Å²) < 4.78 is 0. The van der Waals surface area contributed by atoms with E-state index in [4.69, 9.17) is 0 Å². The van der Waals surface area contributed by atoms with Gasteiger partial charge in [0, 0.05) is 31.7 Å². The number of nitrogens with zero attached hydrogens (tertiary/aromatic N) is 2. The van der Waals surface area contributed by atoms with E-state index >= 15 is 0 Å². The molecule has 0 spiro atoms. The Morgan fingerprint density at radius 3 is 2.21 bits per heavy atom. The molecule has 1 aliphatic rings. The maximum Gasteiger partial charge on any atom is 0.183 e. The van der Waals surface area contributed by atoms with E-state index in [1.54, 1.807) is 0 Å². The van der Waals surface area contributed by atoms with Gasteiger partial charge in [-0.25, -0.2) is 0 Å². The zero-order valence-electron chi connectivity index (χ0n) is 14.7. The fraction of sp³-hybridized carbons (Fsp3) is 0.429. The van der Waals surface area contributed by atoms with E-state index in [0.717, 1.165) is 26.2 Å². The highest BCUT2D eigenvalue weighted by atomic mass is 32.2. The van der Waals surface area contributed by atoms with Crippen molar-refractivity contribution in [3.05, 3.63) is 53.6 Å². The molecule has 3 rings (SSSR count). The summed E-state index contributed by atoms with van der Waals surface area (Å²) in [6.07, 6.45) is 2.37. The molecule has 130 valence electrons. The predicted octanol–water partition coefficient (Wildman–Crippen LogP) is 4.36. The molecule has 0 radical (unpaired) electrons. The van der Waals surface area contributed by atoms with Gasteiger partial charge in [-0.1, -0.05) is 37.3 Å². The minimum Gasteiger partial charge on any atom is -0.365 e. The molecule has 1 saturated heterocycles. The van der Waals surface area contributed by atoms with Gasteiger partial charge in [0.25, 0.3) is 0 Å². The van der Waals surface area contributed by atoms with E-state index in [9.17, 15) is 0 Å². The number of hydrogen-bond donors (Lipinski definition) is 0. The van der Waals surface area contributed by atoms with Crippen LogP contribution < -0.4 is 4.90 Å². The van der Waals surface area contributed by atoms with Gasteiger partial charge in [0.05, 0.1) is 16.6 Å². The van der Waals surface area contributed by atoms with E-state index < -0.39 is 0 Å². The molecule has 1 heterocycles. The Labute approximate surface area is 150 Å². The Morgan fingerprint density at radius 1 is 0.875 bits per heavy atom. The monoisotopic (exact) mass is 343 g/mol. The largest absolute Gasteiger partial charge is 0.365 e. The Bertz CT molecular complexity index is 675. The molecule has 3 heteroatoms. The average molecular weight is 344 g/mol. The van der Waals surface area contributed by atoms with Crippen molar-refractivity contribution < 1.29 is 0 Å². The molecule has 2 aromatic carbocycles. The van der Waals surface area contributed by atoms with Gasteiger partial charge in [-0.15, -0.1) is 0 Å². The third-order valence-corrected chi connectivity index (χ3v) is 6.82. The van der Waals surface area contributed by atoms with Crippen molar-refractivity contribution >= 4 is 16.6 Å². The smallest absolute Gasteiger partial charge is 0.183 e. The maximum atomic E-state index is 2.56. The zero-order valence-corrected chi connectivity index (χ0v) is 15.5. The summed E-state index contributed by atoms with van der Waals surface area (Å²) in [5.41, 5.74) is 4.17. The van der Waals surface area contributed by atoms with Gasteiger partial charge in [0.1, 0.15) is 6.26 Å². The van der Waals surface area contributed by atoms with Crippen molar-refractivity contribution in [1.29, 1.82) is 0 Å². The molecule has 0 N–H and O–H groups in total. The molecule has 0 saturated carbocycles. The average Bonchev–Trinajstić information content (AvgIpc) is 2.55. The van der Waals surface area contributed by atoms with Crippen molar-refractivity contribution in [1.82, 2.24) is 4.90 Å². The van der Waals surface area contributed by atoms with Crippen LogP contribution in [0.25, 0.3) is 0 Å². The normalized spacial score (nSPS) is 16.6. The third-order valence-electron chi connectivity index (χ3n) is 4.70. The Balaban J connectivity index is 0.00000208. The summed E-state index contributed by atoms with van der Waals surface area (Å²) in [4.78, 5) is 7.92. The van der Waals surface area contributed by atoms with E-state index in [0.29, 0.717) is 0 Å². The standard InChI is InChI=1S/C20H27N2S.CH4/c1-16-9-10-19(17(2)15-16)23(4)20-8-6-5-7-18(20)22-13-11-21(3)12-14-22;/h5-10,15H,11-14H2,1-4H3;1H4/q+1;. The van der Waals surface area contributed by atoms with E-state index in [1.165, 1.54) is 26.6 Å². The van der Waals surface area contributed by atoms with Gasteiger partial charge in [-0.3, -0.25) is 0 Å². The number of likely N-dealkylation sites (N-methyl/N-ethyl adjacent to an activating group) is 1. The lowest BCUT2D eigenvalue weighted by molar-refractivity contribution is 0.312. The summed E-state index contributed by atoms with van der Waals surface area (Å²) in [5, 5.41) is 0. The lowest BCUT2D eigenvalue weighted by Crippen LogP contribution is -2.44. The molecule has 0 amide bonds. The third kappa shape index (κ3) is 3.96. The molecule has 0 bridgehead atoms. The highest BCUT2D eigenvalue weighted by Crippen LogP contribution is 2.32. The van der Waals surface area contributed by atoms with Crippen LogP contribution in [0.15, 0.2) is 52.3 Å². The SMILES string of the molecule is C.Cc1ccc([S+](C)c2ccccc2N2CCN(C)CC2)c(C)c1. The molecule has 1 aliphatic heterocycles. The molecule has 1 atom stereocenters. The number of hydrogen-bond acceptors (Lipinski definition) is 2. The number of rotatable bonds is 3. The number of piperazine rings is 1. The van der Waals surface area contributed by atoms with Crippen LogP contribution in [-0.2, 0) is 10.9 Å². The zero-order chi connectivity index (χ0) is 16.4. The number of para-hydroxylation sites is 1. The van der Waals surface area contributed by atoms with Crippen LogP contribution in [0.5, 0.6) is 0 Å². The topological polar surface area (TPSA) is 6.48 Å². The first-order valence-electron chi connectivity index (χ1n) is 8.32. The van der Waals surface area contributed by atoms with Crippen LogP contribution >= 0.6 is 0 Å². The van der Waals surface area contributed by atoms with Gasteiger partial charge in [0.2, 0.25) is 0 Å². The van der Waals surface area contributed by atoms with Crippen LogP contribution in [0.4, 0.5) is 5.69 Å². The molecule has 1 fully saturated rings. The minimum atomic E-state index is 0. The molecular weight excluding hydrogens is 312 g/mol. The second-order valence-corrected chi connectivity index (χ2v) is 8.44. The summed E-state index contributed by atoms with van der Waals surface area (Å²) >= 11 is 0. The van der Waals surface area contributed by atoms with Crippen molar-refractivity contribution in [2.75, 3.05) is 44.4 Å². The minimum absolute atomic E-state index is 0. The highest BCUT2D eigenvalue weighted by molar-refractivity contribution is 7.96. The fourth-order valence-corrected chi connectivity index (χ4v) is 5.13. The summed E-state index contributed by atoms with van der Waals surface area (Å²) in [5.74, 6) is 0. The predicted molar refractivity (Wildman–Crippen MR) is 109 cm³/mol. The van der Waals surface area contributed by atoms with Gasteiger partial charge in [0.15, 0.2) is 9.79 Å². The van der Waals surface area contributed by atoms with Crippen LogP contribution in [0.2, 0.25) is 0 Å². The van der Waals surface area contributed by atoms with Crippen molar-refractivity contribution in [3.63, 3.8) is 0 Å². The summed E-state index contributed by atoms with van der Waals surface area (Å²) in [7, 11) is 2.32. The molecule has 0 aromatic heterocycles. The van der Waals surface area contributed by atoms with Crippen LogP contribution in [-0.4, -0.2) is 44.4 Å². The van der Waals surface area contributed by atoms with Crippen LogP contribution in [0, 0.1) is 13.8 Å². The Morgan fingerprint density at radius 2 is 1.54 bits per heavy atom. The number of aryl methyl sites for hydroxylation is 2. The van der Waals surface area contributed by atoms with Crippen molar-refractivity contribution in [2.24, 2.45) is 0 Å². The first kappa shape index (κ1) is 18.9. The molecule has 2 nitrogen and oxygen atoms in total.